The van der Waals surface area contributed by atoms with Crippen LogP contribution in [0.2, 0.25) is 0 Å². The van der Waals surface area contributed by atoms with Crippen LogP contribution in [-0.4, -0.2) is 50.8 Å². The molecule has 0 spiro atoms. The smallest absolute Gasteiger partial charge is 0.330 e. The second-order valence-electron chi connectivity index (χ2n) is 9.48. The van der Waals surface area contributed by atoms with Gasteiger partial charge in [0.15, 0.2) is 0 Å². The molecule has 0 aliphatic heterocycles. The van der Waals surface area contributed by atoms with Crippen molar-refractivity contribution >= 4 is 35.7 Å². The van der Waals surface area contributed by atoms with E-state index in [0.717, 1.165) is 77.4 Å². The number of esters is 2. The summed E-state index contributed by atoms with van der Waals surface area (Å²) >= 11 is 0. The first-order valence-electron chi connectivity index (χ1n) is 14.2. The molecule has 3 aromatic carbocycles. The number of carbonyl (C=O) groups is 2. The Morgan fingerprint density at radius 3 is 1.58 bits per heavy atom. The molecule has 3 rings (SSSR count). The maximum atomic E-state index is 11.0. The Labute approximate surface area is 253 Å². The highest BCUT2D eigenvalue weighted by Crippen LogP contribution is 2.24. The molecule has 0 atom stereocenters. The highest BCUT2D eigenvalue weighted by Gasteiger charge is 2.01. The Hall–Kier alpha value is -4.98. The van der Waals surface area contributed by atoms with Crippen molar-refractivity contribution in [3.63, 3.8) is 0 Å². The zero-order valence-corrected chi connectivity index (χ0v) is 24.6. The highest BCUT2D eigenvalue weighted by atomic mass is 16.5. The number of benzene rings is 3. The van der Waals surface area contributed by atoms with Gasteiger partial charge >= 0.3 is 11.9 Å². The molecular weight excluding hydrogens is 544 g/mol. The number of hydrogen-bond donors (Lipinski definition) is 0. The number of aryl methyl sites for hydroxylation is 1. The van der Waals surface area contributed by atoms with Crippen LogP contribution in [0.1, 0.15) is 42.4 Å². The fraction of sp³-hybridized carbons (Fsp3) is 0.257. The van der Waals surface area contributed by atoms with Gasteiger partial charge in [-0.2, -0.15) is 0 Å². The summed E-state index contributed by atoms with van der Waals surface area (Å²) in [4.78, 5) is 31.3. The monoisotopic (exact) mass is 582 g/mol. The summed E-state index contributed by atoms with van der Waals surface area (Å²) in [6.45, 7) is 10.6. The molecule has 0 unspecified atom stereocenters. The summed E-state index contributed by atoms with van der Waals surface area (Å²) in [5.41, 5.74) is 4.66. The van der Waals surface area contributed by atoms with E-state index in [-0.39, 0.29) is 0 Å². The first-order chi connectivity index (χ1) is 21.0. The lowest BCUT2D eigenvalue weighted by molar-refractivity contribution is -0.138. The summed E-state index contributed by atoms with van der Waals surface area (Å²) in [5.74, 6) is 0.751. The summed E-state index contributed by atoms with van der Waals surface area (Å²) in [6, 6.07) is 21.4. The number of hydrogen-bond acceptors (Lipinski definition) is 8. The van der Waals surface area contributed by atoms with Gasteiger partial charge in [-0.05, 0) is 116 Å². The van der Waals surface area contributed by atoms with Gasteiger partial charge in [-0.25, -0.2) is 9.59 Å². The molecule has 43 heavy (non-hydrogen) atoms. The minimum atomic E-state index is -0.404. The van der Waals surface area contributed by atoms with Crippen LogP contribution in [-0.2, 0) is 19.1 Å². The molecule has 0 saturated heterocycles. The van der Waals surface area contributed by atoms with Gasteiger partial charge in [-0.15, -0.1) is 0 Å². The van der Waals surface area contributed by atoms with Crippen LogP contribution in [0.15, 0.2) is 102 Å². The van der Waals surface area contributed by atoms with Crippen LogP contribution in [0, 0.1) is 6.92 Å². The van der Waals surface area contributed by atoms with E-state index >= 15 is 0 Å². The van der Waals surface area contributed by atoms with E-state index in [1.165, 1.54) is 0 Å². The molecule has 224 valence electrons. The lowest BCUT2D eigenvalue weighted by atomic mass is 10.1. The van der Waals surface area contributed by atoms with Crippen molar-refractivity contribution < 1.29 is 28.5 Å². The van der Waals surface area contributed by atoms with E-state index < -0.39 is 11.9 Å². The Balaban J connectivity index is 1.41. The van der Waals surface area contributed by atoms with Crippen molar-refractivity contribution in [1.29, 1.82) is 0 Å². The van der Waals surface area contributed by atoms with Crippen LogP contribution in [0.3, 0.4) is 0 Å². The van der Waals surface area contributed by atoms with Gasteiger partial charge in [0.1, 0.15) is 11.5 Å². The first-order valence-corrected chi connectivity index (χ1v) is 14.2. The van der Waals surface area contributed by atoms with Crippen LogP contribution in [0.25, 0.3) is 0 Å². The summed E-state index contributed by atoms with van der Waals surface area (Å²) < 4.78 is 21.4. The Bertz CT molecular complexity index is 1390. The zero-order chi connectivity index (χ0) is 30.7. The number of ether oxygens (including phenoxy) is 4. The van der Waals surface area contributed by atoms with Crippen LogP contribution in [0.4, 0.5) is 11.4 Å². The Kier molecular flexibility index (Phi) is 14.0. The molecule has 0 radical (unpaired) electrons. The van der Waals surface area contributed by atoms with Gasteiger partial charge in [0, 0.05) is 24.6 Å². The van der Waals surface area contributed by atoms with E-state index in [9.17, 15) is 9.59 Å². The summed E-state index contributed by atoms with van der Waals surface area (Å²) in [7, 11) is 0. The largest absolute Gasteiger partial charge is 0.494 e. The van der Waals surface area contributed by atoms with Crippen molar-refractivity contribution in [1.82, 2.24) is 0 Å². The van der Waals surface area contributed by atoms with E-state index in [1.807, 2.05) is 86.1 Å². The molecule has 3 aromatic rings. The Morgan fingerprint density at radius 1 is 0.651 bits per heavy atom. The van der Waals surface area contributed by atoms with Crippen molar-refractivity contribution in [2.45, 2.75) is 32.6 Å². The molecule has 0 fully saturated rings. The van der Waals surface area contributed by atoms with Crippen molar-refractivity contribution in [2.75, 3.05) is 26.4 Å². The molecule has 0 aliphatic rings. The average molecular weight is 583 g/mol. The zero-order valence-electron chi connectivity index (χ0n) is 24.6. The van der Waals surface area contributed by atoms with Crippen molar-refractivity contribution in [2.24, 2.45) is 9.98 Å². The molecule has 8 nitrogen and oxygen atoms in total. The number of aliphatic imine (C=N–C) groups is 2. The maximum absolute atomic E-state index is 11.0. The second kappa shape index (κ2) is 18.5. The maximum Gasteiger partial charge on any atom is 0.330 e. The third kappa shape index (κ3) is 12.6. The molecule has 0 bridgehead atoms. The number of carbonyl (C=O) groups excluding carboxylic acids is 2. The predicted octanol–water partition coefficient (Wildman–Crippen LogP) is 7.27. The fourth-order valence-corrected chi connectivity index (χ4v) is 3.71. The van der Waals surface area contributed by atoms with Gasteiger partial charge in [0.25, 0.3) is 0 Å². The fourth-order valence-electron chi connectivity index (χ4n) is 3.71. The summed E-state index contributed by atoms with van der Waals surface area (Å²) in [6.07, 6.45) is 9.00. The molecule has 0 amide bonds. The molecule has 0 aliphatic carbocycles. The first kappa shape index (κ1) is 32.5. The standard InChI is InChI=1S/C35H38N2O6/c1-4-34(38)42-22-8-6-20-40-31-15-10-28(11-16-31)25-36-30-14-19-33(27(3)24-30)37-26-29-12-17-32(18-13-29)41-21-7-9-23-43-35(39)5-2/h4-5,10-19,24-26H,1-2,6-9,20-23H2,3H3/b36-25+,37-26+. The van der Waals surface area contributed by atoms with E-state index in [2.05, 4.69) is 23.1 Å². The highest BCUT2D eigenvalue weighted by molar-refractivity contribution is 5.84. The van der Waals surface area contributed by atoms with Gasteiger partial charge in [0.05, 0.1) is 37.8 Å². The Morgan fingerprint density at radius 2 is 1.12 bits per heavy atom. The lowest BCUT2D eigenvalue weighted by Crippen LogP contribution is -2.04. The number of unbranched alkanes of at least 4 members (excludes halogenated alkanes) is 2. The SMILES string of the molecule is C=CC(=O)OCCCCOc1ccc(/C=N/c2ccc(/N=C/c3ccc(OCCCCOC(=O)C=C)cc3)c(C)c2)cc1. The quantitative estimate of drug-likeness (QED) is 0.0677. The molecule has 0 saturated carbocycles. The lowest BCUT2D eigenvalue weighted by Gasteiger charge is -2.07. The molecule has 0 N–H and O–H groups in total. The van der Waals surface area contributed by atoms with Gasteiger partial charge < -0.3 is 18.9 Å². The van der Waals surface area contributed by atoms with E-state index in [1.54, 1.807) is 0 Å². The molecule has 8 heteroatoms. The van der Waals surface area contributed by atoms with Crippen LogP contribution in [0.5, 0.6) is 11.5 Å². The summed E-state index contributed by atoms with van der Waals surface area (Å²) in [5, 5.41) is 0. The normalized spacial score (nSPS) is 10.9. The van der Waals surface area contributed by atoms with Crippen LogP contribution >= 0.6 is 0 Å². The van der Waals surface area contributed by atoms with Gasteiger partial charge in [0.2, 0.25) is 0 Å². The molecule has 0 heterocycles. The third-order valence-corrected chi connectivity index (χ3v) is 6.09. The van der Waals surface area contributed by atoms with Gasteiger partial charge in [-0.3, -0.25) is 9.98 Å². The minimum absolute atomic E-state index is 0.363. The minimum Gasteiger partial charge on any atom is -0.494 e. The number of rotatable bonds is 18. The van der Waals surface area contributed by atoms with Gasteiger partial charge in [-0.1, -0.05) is 13.2 Å². The third-order valence-electron chi connectivity index (χ3n) is 6.09. The van der Waals surface area contributed by atoms with E-state index in [0.29, 0.717) is 26.4 Å². The van der Waals surface area contributed by atoms with Crippen LogP contribution < -0.4 is 9.47 Å². The predicted molar refractivity (Wildman–Crippen MR) is 170 cm³/mol. The average Bonchev–Trinajstić information content (AvgIpc) is 3.03. The molecule has 0 aromatic heterocycles. The number of nitrogens with zero attached hydrogens (tertiary/aromatic N) is 2. The van der Waals surface area contributed by atoms with Crippen molar-refractivity contribution in [3.05, 3.63) is 109 Å². The van der Waals surface area contributed by atoms with Crippen molar-refractivity contribution in [3.8, 4) is 11.5 Å². The topological polar surface area (TPSA) is 95.8 Å². The molecular formula is C35H38N2O6. The second-order valence-corrected chi connectivity index (χ2v) is 9.48. The van der Waals surface area contributed by atoms with E-state index in [4.69, 9.17) is 18.9 Å².